The molecule has 0 aliphatic heterocycles. The predicted octanol–water partition coefficient (Wildman–Crippen LogP) is 5.25. The van der Waals surface area contributed by atoms with E-state index in [1.165, 1.54) is 44.1 Å². The van der Waals surface area contributed by atoms with Crippen molar-refractivity contribution in [1.29, 1.82) is 0 Å². The minimum atomic E-state index is -0.397. The molecule has 2 N–H and O–H groups in total. The van der Waals surface area contributed by atoms with Crippen LogP contribution in [0.3, 0.4) is 0 Å². The number of aliphatic hydroxyl groups excluding tert-OH is 2. The Morgan fingerprint density at radius 1 is 1.16 bits per heavy atom. The highest BCUT2D eigenvalue weighted by atomic mass is 16.3. The van der Waals surface area contributed by atoms with Gasteiger partial charge in [0.1, 0.15) is 0 Å². The van der Waals surface area contributed by atoms with Crippen molar-refractivity contribution in [2.75, 3.05) is 0 Å². The summed E-state index contributed by atoms with van der Waals surface area (Å²) < 4.78 is 0. The highest BCUT2D eigenvalue weighted by Crippen LogP contribution is 2.59. The fourth-order valence-corrected chi connectivity index (χ4v) is 6.11. The van der Waals surface area contributed by atoms with Crippen LogP contribution in [0.25, 0.3) is 0 Å². The molecule has 0 aromatic heterocycles. The maximum absolute atomic E-state index is 10.1. The fourth-order valence-electron chi connectivity index (χ4n) is 6.11. The molecule has 0 aromatic carbocycles. The summed E-state index contributed by atoms with van der Waals surface area (Å²) in [5, 5.41) is 20.3. The summed E-state index contributed by atoms with van der Waals surface area (Å²) in [6, 6.07) is 0. The number of hydrogen-bond acceptors (Lipinski definition) is 2. The van der Waals surface area contributed by atoms with Crippen LogP contribution in [0.15, 0.2) is 23.3 Å². The summed E-state index contributed by atoms with van der Waals surface area (Å²) >= 11 is 0. The Hall–Kier alpha value is -0.600. The van der Waals surface area contributed by atoms with Gasteiger partial charge in [0.05, 0.1) is 12.2 Å². The average Bonchev–Trinajstić information content (AvgIpc) is 2.94. The molecule has 0 saturated heterocycles. The first-order chi connectivity index (χ1) is 11.9. The molecule has 2 nitrogen and oxygen atoms in total. The summed E-state index contributed by atoms with van der Waals surface area (Å²) in [7, 11) is 0. The van der Waals surface area contributed by atoms with Gasteiger partial charge in [-0.1, -0.05) is 57.4 Å². The molecule has 0 heterocycles. The minimum absolute atomic E-state index is 0.00565. The van der Waals surface area contributed by atoms with Gasteiger partial charge in [-0.05, 0) is 68.1 Å². The molecule has 0 aromatic rings. The molecule has 3 aliphatic carbocycles. The average molecular weight is 347 g/mol. The van der Waals surface area contributed by atoms with Crippen LogP contribution in [0, 0.1) is 29.1 Å². The molecule has 6 atom stereocenters. The van der Waals surface area contributed by atoms with Crippen molar-refractivity contribution in [3.8, 4) is 0 Å². The Morgan fingerprint density at radius 3 is 2.48 bits per heavy atom. The zero-order valence-corrected chi connectivity index (χ0v) is 16.7. The molecule has 142 valence electrons. The van der Waals surface area contributed by atoms with Gasteiger partial charge in [-0.25, -0.2) is 0 Å². The molecule has 0 spiro atoms. The first-order valence-corrected chi connectivity index (χ1v) is 10.6. The molecule has 25 heavy (non-hydrogen) atoms. The summed E-state index contributed by atoms with van der Waals surface area (Å²) in [6.07, 6.45) is 13.2. The second kappa shape index (κ2) is 7.56. The molecule has 3 saturated carbocycles. The molecule has 0 radical (unpaired) electrons. The SMILES string of the molecule is CC[C@H](C)[C@H]1CC[C@H]2C(=CC=C3C[C@@H](O)C(C)[C@H](O)C3)CCC[C@]12C. The molecule has 0 amide bonds. The Kier molecular flexibility index (Phi) is 5.80. The summed E-state index contributed by atoms with van der Waals surface area (Å²) in [5.41, 5.74) is 3.34. The van der Waals surface area contributed by atoms with Crippen LogP contribution in [0.4, 0.5) is 0 Å². The van der Waals surface area contributed by atoms with Crippen LogP contribution in [-0.2, 0) is 0 Å². The number of hydrogen-bond donors (Lipinski definition) is 2. The van der Waals surface area contributed by atoms with Crippen LogP contribution in [-0.4, -0.2) is 22.4 Å². The van der Waals surface area contributed by atoms with E-state index in [9.17, 15) is 10.2 Å². The zero-order valence-electron chi connectivity index (χ0n) is 16.7. The highest BCUT2D eigenvalue weighted by molar-refractivity contribution is 5.26. The van der Waals surface area contributed by atoms with Crippen molar-refractivity contribution in [2.45, 2.75) is 91.3 Å². The van der Waals surface area contributed by atoms with Gasteiger partial charge in [0.15, 0.2) is 0 Å². The van der Waals surface area contributed by atoms with Gasteiger partial charge in [-0.15, -0.1) is 0 Å². The van der Waals surface area contributed by atoms with Crippen molar-refractivity contribution < 1.29 is 10.2 Å². The molecule has 0 unspecified atom stereocenters. The van der Waals surface area contributed by atoms with Crippen LogP contribution in [0.5, 0.6) is 0 Å². The summed E-state index contributed by atoms with van der Waals surface area (Å²) in [4.78, 5) is 0. The van der Waals surface area contributed by atoms with E-state index in [1.54, 1.807) is 5.57 Å². The monoisotopic (exact) mass is 346 g/mol. The number of rotatable bonds is 3. The maximum atomic E-state index is 10.1. The van der Waals surface area contributed by atoms with Gasteiger partial charge >= 0.3 is 0 Å². The van der Waals surface area contributed by atoms with E-state index in [-0.39, 0.29) is 5.92 Å². The van der Waals surface area contributed by atoms with Crippen LogP contribution in [0.2, 0.25) is 0 Å². The standard InChI is InChI=1S/C23H38O2/c1-5-15(2)19-10-11-20-18(7-6-12-23(19,20)4)9-8-17-13-21(24)16(3)22(25)14-17/h8-9,15-16,19-22,24-25H,5-7,10-14H2,1-4H3/t15-,16?,19+,20-,21+,22+,23+/m0/s1. The topological polar surface area (TPSA) is 40.5 Å². The highest BCUT2D eigenvalue weighted by Gasteiger charge is 2.50. The number of aliphatic hydroxyl groups is 2. The lowest BCUT2D eigenvalue weighted by Gasteiger charge is -2.44. The van der Waals surface area contributed by atoms with Gasteiger partial charge in [-0.2, -0.15) is 0 Å². The van der Waals surface area contributed by atoms with Crippen LogP contribution in [0.1, 0.15) is 79.1 Å². The lowest BCUT2D eigenvalue weighted by Crippen LogP contribution is -2.36. The number of allylic oxidation sites excluding steroid dienone is 3. The van der Waals surface area contributed by atoms with Gasteiger partial charge in [0.25, 0.3) is 0 Å². The smallest absolute Gasteiger partial charge is 0.0627 e. The summed E-state index contributed by atoms with van der Waals surface area (Å²) in [5.74, 6) is 2.44. The third-order valence-corrected chi connectivity index (χ3v) is 8.06. The van der Waals surface area contributed by atoms with Gasteiger partial charge < -0.3 is 10.2 Å². The second-order valence-electron chi connectivity index (χ2n) is 9.45. The third kappa shape index (κ3) is 3.62. The normalized spacial score (nSPS) is 44.6. The lowest BCUT2D eigenvalue weighted by molar-refractivity contribution is 0.00407. The molecule has 3 fully saturated rings. The van der Waals surface area contributed by atoms with Crippen molar-refractivity contribution in [3.05, 3.63) is 23.3 Å². The van der Waals surface area contributed by atoms with E-state index >= 15 is 0 Å². The van der Waals surface area contributed by atoms with Crippen molar-refractivity contribution in [2.24, 2.45) is 29.1 Å². The third-order valence-electron chi connectivity index (χ3n) is 8.06. The maximum Gasteiger partial charge on any atom is 0.0627 e. The Labute approximate surface area is 154 Å². The second-order valence-corrected chi connectivity index (χ2v) is 9.45. The van der Waals surface area contributed by atoms with E-state index in [2.05, 4.69) is 32.9 Å². The van der Waals surface area contributed by atoms with E-state index in [0.29, 0.717) is 5.41 Å². The largest absolute Gasteiger partial charge is 0.392 e. The molecular formula is C23H38O2. The Bertz CT molecular complexity index is 520. The molecular weight excluding hydrogens is 308 g/mol. The quantitative estimate of drug-likeness (QED) is 0.732. The Balaban J connectivity index is 1.77. The fraction of sp³-hybridized carbons (Fsp3) is 0.826. The van der Waals surface area contributed by atoms with Gasteiger partial charge in [0, 0.05) is 5.92 Å². The summed E-state index contributed by atoms with van der Waals surface area (Å²) in [6.45, 7) is 9.29. The van der Waals surface area contributed by atoms with Crippen molar-refractivity contribution in [1.82, 2.24) is 0 Å². The van der Waals surface area contributed by atoms with E-state index in [4.69, 9.17) is 0 Å². The Morgan fingerprint density at radius 2 is 1.84 bits per heavy atom. The molecule has 2 heteroatoms. The predicted molar refractivity (Wildman–Crippen MR) is 104 cm³/mol. The number of fused-ring (bicyclic) bond motifs is 1. The van der Waals surface area contributed by atoms with E-state index in [1.807, 2.05) is 6.92 Å². The van der Waals surface area contributed by atoms with E-state index < -0.39 is 12.2 Å². The zero-order chi connectivity index (χ0) is 18.2. The molecule has 0 bridgehead atoms. The lowest BCUT2D eigenvalue weighted by atomic mass is 9.61. The van der Waals surface area contributed by atoms with Crippen LogP contribution >= 0.6 is 0 Å². The minimum Gasteiger partial charge on any atom is -0.392 e. The van der Waals surface area contributed by atoms with Crippen LogP contribution < -0.4 is 0 Å². The van der Waals surface area contributed by atoms with Gasteiger partial charge in [0.2, 0.25) is 0 Å². The van der Waals surface area contributed by atoms with Crippen molar-refractivity contribution in [3.63, 3.8) is 0 Å². The first-order valence-electron chi connectivity index (χ1n) is 10.6. The van der Waals surface area contributed by atoms with E-state index in [0.717, 1.165) is 30.6 Å². The van der Waals surface area contributed by atoms with Crippen molar-refractivity contribution >= 4 is 0 Å². The molecule has 3 aliphatic rings. The first kappa shape index (κ1) is 19.2. The van der Waals surface area contributed by atoms with Gasteiger partial charge in [-0.3, -0.25) is 0 Å². The molecule has 3 rings (SSSR count).